The Morgan fingerprint density at radius 3 is 1.62 bits per heavy atom. The number of hydrogen-bond donors (Lipinski definition) is 0. The molecule has 0 atom stereocenters. The van der Waals surface area contributed by atoms with Crippen molar-refractivity contribution in [3.63, 3.8) is 0 Å². The lowest BCUT2D eigenvalue weighted by molar-refractivity contribution is 1.18. The highest BCUT2D eigenvalue weighted by Crippen LogP contribution is 2.44. The lowest BCUT2D eigenvalue weighted by Gasteiger charge is -2.26. The maximum absolute atomic E-state index is 2.38. The van der Waals surface area contributed by atoms with Crippen LogP contribution >= 0.6 is 11.3 Å². The Morgan fingerprint density at radius 1 is 0.400 bits per heavy atom. The van der Waals surface area contributed by atoms with Gasteiger partial charge in [-0.15, -0.1) is 11.3 Å². The summed E-state index contributed by atoms with van der Waals surface area (Å²) < 4.78 is 4.98. The molecule has 7 aromatic carbocycles. The summed E-state index contributed by atoms with van der Waals surface area (Å²) in [7, 11) is 0. The maximum atomic E-state index is 2.38. The molecule has 0 spiro atoms. The number of rotatable bonds is 5. The molecule has 0 saturated heterocycles. The first-order chi connectivity index (χ1) is 22.3. The Kier molecular flexibility index (Phi) is 6.03. The van der Waals surface area contributed by atoms with Crippen LogP contribution in [0.3, 0.4) is 0 Å². The zero-order valence-corrected chi connectivity index (χ0v) is 25.3. The summed E-state index contributed by atoms with van der Waals surface area (Å²) in [5, 5.41) is 5.17. The van der Waals surface area contributed by atoms with E-state index in [1.54, 1.807) is 0 Å². The van der Waals surface area contributed by atoms with Gasteiger partial charge in [0, 0.05) is 43.3 Å². The predicted octanol–water partition coefficient (Wildman–Crippen LogP) is 12.3. The summed E-state index contributed by atoms with van der Waals surface area (Å²) in [5.74, 6) is 0. The zero-order chi connectivity index (χ0) is 29.7. The zero-order valence-electron chi connectivity index (χ0n) is 24.5. The normalized spacial score (nSPS) is 11.6. The average molecular weight is 593 g/mol. The highest BCUT2D eigenvalue weighted by molar-refractivity contribution is 7.26. The number of aromatic nitrogens is 1. The summed E-state index contributed by atoms with van der Waals surface area (Å²) in [4.78, 5) is 2.38. The molecular formula is C42H28N2S. The van der Waals surface area contributed by atoms with Gasteiger partial charge in [-0.1, -0.05) is 109 Å². The second kappa shape index (κ2) is 10.5. The first-order valence-corrected chi connectivity index (χ1v) is 16.1. The first-order valence-electron chi connectivity index (χ1n) is 15.3. The van der Waals surface area contributed by atoms with Gasteiger partial charge in [-0.2, -0.15) is 0 Å². The minimum absolute atomic E-state index is 1.14. The molecule has 2 heterocycles. The lowest BCUT2D eigenvalue weighted by atomic mass is 10.0. The average Bonchev–Trinajstić information content (AvgIpc) is 3.66. The van der Waals surface area contributed by atoms with E-state index in [2.05, 4.69) is 179 Å². The van der Waals surface area contributed by atoms with E-state index < -0.39 is 0 Å². The van der Waals surface area contributed by atoms with Crippen LogP contribution in [0, 0.1) is 0 Å². The first kappa shape index (κ1) is 25.8. The van der Waals surface area contributed by atoms with Crippen molar-refractivity contribution in [2.75, 3.05) is 4.90 Å². The van der Waals surface area contributed by atoms with Gasteiger partial charge in [0.25, 0.3) is 0 Å². The van der Waals surface area contributed by atoms with E-state index in [-0.39, 0.29) is 0 Å². The third-order valence-corrected chi connectivity index (χ3v) is 10.0. The number of para-hydroxylation sites is 3. The minimum atomic E-state index is 1.14. The van der Waals surface area contributed by atoms with E-state index in [1.807, 2.05) is 11.3 Å². The van der Waals surface area contributed by atoms with E-state index in [9.17, 15) is 0 Å². The van der Waals surface area contributed by atoms with Crippen LogP contribution in [0.25, 0.3) is 58.8 Å². The second-order valence-corrected chi connectivity index (χ2v) is 12.4. The molecule has 0 bridgehead atoms. The molecule has 0 amide bonds. The molecule has 0 aliphatic rings. The van der Waals surface area contributed by atoms with Gasteiger partial charge < -0.3 is 9.47 Å². The standard InChI is InChI=1S/C42H28N2S/c1-2-11-31(12-3-1)43(40-19-10-16-37-36-15-6-9-20-41(36)45-42(37)40)32-25-21-29(22-26-32)30-23-27-33(28-24-30)44-38-17-7-4-13-34(38)35-14-5-8-18-39(35)44/h1-28H. The molecule has 9 aromatic rings. The summed E-state index contributed by atoms with van der Waals surface area (Å²) >= 11 is 1.86. The smallest absolute Gasteiger partial charge is 0.0640 e. The Labute approximate surface area is 265 Å². The van der Waals surface area contributed by atoms with E-state index in [0.717, 1.165) is 11.4 Å². The van der Waals surface area contributed by atoms with Crippen LogP contribution in [-0.4, -0.2) is 4.57 Å². The Hall–Kier alpha value is -5.64. The van der Waals surface area contributed by atoms with Gasteiger partial charge >= 0.3 is 0 Å². The van der Waals surface area contributed by atoms with Crippen molar-refractivity contribution in [2.45, 2.75) is 0 Å². The van der Waals surface area contributed by atoms with E-state index in [0.29, 0.717) is 0 Å². The van der Waals surface area contributed by atoms with Gasteiger partial charge in [-0.05, 0) is 71.8 Å². The molecule has 9 rings (SSSR count). The van der Waals surface area contributed by atoms with Gasteiger partial charge in [0.05, 0.1) is 21.4 Å². The molecule has 0 saturated carbocycles. The quantitative estimate of drug-likeness (QED) is 0.193. The number of anilines is 3. The lowest BCUT2D eigenvalue weighted by Crippen LogP contribution is -2.09. The largest absolute Gasteiger partial charge is 0.309 e. The van der Waals surface area contributed by atoms with Crippen LogP contribution in [0.1, 0.15) is 0 Å². The van der Waals surface area contributed by atoms with Gasteiger partial charge in [0.15, 0.2) is 0 Å². The van der Waals surface area contributed by atoms with Gasteiger partial charge in [-0.25, -0.2) is 0 Å². The molecule has 212 valence electrons. The summed E-state index contributed by atoms with van der Waals surface area (Å²) in [6.45, 7) is 0. The Balaban J connectivity index is 1.11. The molecule has 0 aliphatic carbocycles. The monoisotopic (exact) mass is 592 g/mol. The number of hydrogen-bond acceptors (Lipinski definition) is 2. The fourth-order valence-corrected chi connectivity index (χ4v) is 7.93. The number of fused-ring (bicyclic) bond motifs is 6. The van der Waals surface area contributed by atoms with Crippen molar-refractivity contribution >= 4 is 70.4 Å². The van der Waals surface area contributed by atoms with Crippen LogP contribution < -0.4 is 4.90 Å². The van der Waals surface area contributed by atoms with Crippen molar-refractivity contribution in [1.82, 2.24) is 4.57 Å². The van der Waals surface area contributed by atoms with Crippen LogP contribution in [0.15, 0.2) is 170 Å². The van der Waals surface area contributed by atoms with Gasteiger partial charge in [0.2, 0.25) is 0 Å². The number of nitrogens with zero attached hydrogens (tertiary/aromatic N) is 2. The van der Waals surface area contributed by atoms with E-state index in [1.165, 1.54) is 64.5 Å². The van der Waals surface area contributed by atoms with Crippen molar-refractivity contribution in [1.29, 1.82) is 0 Å². The molecule has 0 fully saturated rings. The van der Waals surface area contributed by atoms with Crippen LogP contribution in [0.4, 0.5) is 17.1 Å². The summed E-state index contributed by atoms with van der Waals surface area (Å²) in [6, 6.07) is 61.3. The molecular weight excluding hydrogens is 565 g/mol. The molecule has 2 nitrogen and oxygen atoms in total. The Bertz CT molecular complexity index is 2420. The van der Waals surface area contributed by atoms with Crippen molar-refractivity contribution in [3.05, 3.63) is 170 Å². The third kappa shape index (κ3) is 4.24. The van der Waals surface area contributed by atoms with Crippen molar-refractivity contribution in [2.24, 2.45) is 0 Å². The summed E-state index contributed by atoms with van der Waals surface area (Å²) in [5.41, 5.74) is 9.49. The molecule has 2 aromatic heterocycles. The molecule has 0 radical (unpaired) electrons. The predicted molar refractivity (Wildman–Crippen MR) is 194 cm³/mol. The van der Waals surface area contributed by atoms with Crippen LogP contribution in [-0.2, 0) is 0 Å². The van der Waals surface area contributed by atoms with Crippen LogP contribution in [0.2, 0.25) is 0 Å². The third-order valence-electron chi connectivity index (χ3n) is 8.80. The topological polar surface area (TPSA) is 8.17 Å². The van der Waals surface area contributed by atoms with Crippen molar-refractivity contribution < 1.29 is 0 Å². The van der Waals surface area contributed by atoms with Gasteiger partial charge in [0.1, 0.15) is 0 Å². The molecule has 0 aliphatic heterocycles. The molecule has 3 heteroatoms. The molecule has 0 unspecified atom stereocenters. The Morgan fingerprint density at radius 2 is 0.933 bits per heavy atom. The van der Waals surface area contributed by atoms with Gasteiger partial charge in [-0.3, -0.25) is 0 Å². The second-order valence-electron chi connectivity index (χ2n) is 11.4. The minimum Gasteiger partial charge on any atom is -0.309 e. The van der Waals surface area contributed by atoms with E-state index >= 15 is 0 Å². The molecule has 45 heavy (non-hydrogen) atoms. The van der Waals surface area contributed by atoms with Crippen LogP contribution in [0.5, 0.6) is 0 Å². The number of thiophene rings is 1. The summed E-state index contributed by atoms with van der Waals surface area (Å²) in [6.07, 6.45) is 0. The van der Waals surface area contributed by atoms with E-state index in [4.69, 9.17) is 0 Å². The highest BCUT2D eigenvalue weighted by Gasteiger charge is 2.18. The maximum Gasteiger partial charge on any atom is 0.0640 e. The SMILES string of the molecule is c1ccc(N(c2ccc(-c3ccc(-n4c5ccccc5c5ccccc54)cc3)cc2)c2cccc3c2sc2ccccc23)cc1. The fraction of sp³-hybridized carbons (Fsp3) is 0. The number of benzene rings is 7. The van der Waals surface area contributed by atoms with Crippen molar-refractivity contribution in [3.8, 4) is 16.8 Å². The molecule has 0 N–H and O–H groups in total. The highest BCUT2D eigenvalue weighted by atomic mass is 32.1. The fourth-order valence-electron chi connectivity index (χ4n) is 6.72.